The number of fused-ring (bicyclic) bond motifs is 2. The number of aromatic nitrogens is 2. The average molecular weight is 437 g/mol. The molecule has 0 amide bonds. The highest BCUT2D eigenvalue weighted by molar-refractivity contribution is 7.90. The van der Waals surface area contributed by atoms with Crippen LogP contribution < -0.4 is 4.74 Å². The lowest BCUT2D eigenvalue weighted by Crippen LogP contribution is -2.13. The number of hydrogen-bond acceptors (Lipinski definition) is 4. The summed E-state index contributed by atoms with van der Waals surface area (Å²) < 4.78 is 34.6. The Morgan fingerprint density at radius 2 is 1.87 bits per heavy atom. The van der Waals surface area contributed by atoms with Crippen LogP contribution >= 0.6 is 0 Å². The van der Waals surface area contributed by atoms with Crippen molar-refractivity contribution in [3.63, 3.8) is 0 Å². The minimum absolute atomic E-state index is 0.206. The summed E-state index contributed by atoms with van der Waals surface area (Å²) in [6.45, 7) is 6.95. The first kappa shape index (κ1) is 21.4. The molecule has 1 atom stereocenters. The third-order valence-corrected chi connectivity index (χ3v) is 7.39. The maximum atomic E-state index is 13.7. The number of ether oxygens (including phenoxy) is 1. The molecule has 1 unspecified atom stereocenters. The molecule has 0 aliphatic carbocycles. The highest BCUT2D eigenvalue weighted by atomic mass is 32.2. The van der Waals surface area contributed by atoms with E-state index < -0.39 is 10.0 Å². The first-order chi connectivity index (χ1) is 15.0. The van der Waals surface area contributed by atoms with E-state index in [1.807, 2.05) is 43.3 Å². The second kappa shape index (κ2) is 8.71. The summed E-state index contributed by atoms with van der Waals surface area (Å²) >= 11 is 0. The fourth-order valence-electron chi connectivity index (χ4n) is 4.28. The van der Waals surface area contributed by atoms with Gasteiger partial charge in [-0.3, -0.25) is 4.98 Å². The molecular weight excluding hydrogens is 408 g/mol. The molecule has 0 saturated carbocycles. The molecule has 2 aromatic carbocycles. The lowest BCUT2D eigenvalue weighted by atomic mass is 9.94. The maximum absolute atomic E-state index is 13.7. The third-order valence-electron chi connectivity index (χ3n) is 5.67. The van der Waals surface area contributed by atoms with Crippen molar-refractivity contribution in [1.29, 1.82) is 0 Å². The van der Waals surface area contributed by atoms with Crippen molar-refractivity contribution in [2.75, 3.05) is 6.61 Å². The number of pyridine rings is 1. The van der Waals surface area contributed by atoms with Crippen LogP contribution in [0.2, 0.25) is 0 Å². The monoisotopic (exact) mass is 436 g/mol. The largest absolute Gasteiger partial charge is 0.494 e. The molecule has 0 saturated heterocycles. The van der Waals surface area contributed by atoms with E-state index >= 15 is 0 Å². The van der Waals surface area contributed by atoms with Gasteiger partial charge in [0.2, 0.25) is 0 Å². The smallest absolute Gasteiger partial charge is 0.270 e. The van der Waals surface area contributed by atoms with Gasteiger partial charge in [0.15, 0.2) is 0 Å². The Hall–Kier alpha value is -2.86. The molecule has 2 aromatic heterocycles. The van der Waals surface area contributed by atoms with E-state index in [1.165, 1.54) is 3.97 Å². The molecule has 6 heteroatoms. The number of rotatable bonds is 8. The van der Waals surface area contributed by atoms with Gasteiger partial charge in [0.25, 0.3) is 10.0 Å². The third kappa shape index (κ3) is 3.92. The molecule has 0 N–H and O–H groups in total. The second-order valence-corrected chi connectivity index (χ2v) is 9.74. The zero-order chi connectivity index (χ0) is 22.0. The van der Waals surface area contributed by atoms with Gasteiger partial charge in [0.05, 0.1) is 17.6 Å². The second-order valence-electron chi connectivity index (χ2n) is 7.95. The fourth-order valence-corrected chi connectivity index (χ4v) is 5.79. The van der Waals surface area contributed by atoms with Gasteiger partial charge in [-0.2, -0.15) is 0 Å². The maximum Gasteiger partial charge on any atom is 0.270 e. The van der Waals surface area contributed by atoms with E-state index in [0.717, 1.165) is 41.3 Å². The normalized spacial score (nSPS) is 13.0. The van der Waals surface area contributed by atoms with Gasteiger partial charge in [-0.25, -0.2) is 12.4 Å². The Morgan fingerprint density at radius 1 is 1.06 bits per heavy atom. The molecule has 0 bridgehead atoms. The van der Waals surface area contributed by atoms with Crippen LogP contribution in [0.25, 0.3) is 21.8 Å². The van der Waals surface area contributed by atoms with Crippen LogP contribution in [-0.4, -0.2) is 24.0 Å². The van der Waals surface area contributed by atoms with Gasteiger partial charge in [0, 0.05) is 28.7 Å². The van der Waals surface area contributed by atoms with Gasteiger partial charge in [-0.1, -0.05) is 44.9 Å². The van der Waals surface area contributed by atoms with Crippen LogP contribution in [-0.2, 0) is 16.4 Å². The van der Waals surface area contributed by atoms with Gasteiger partial charge in [-0.15, -0.1) is 0 Å². The number of nitrogens with zero attached hydrogens (tertiary/aromatic N) is 2. The van der Waals surface area contributed by atoms with Crippen LogP contribution in [0.5, 0.6) is 5.75 Å². The first-order valence-electron chi connectivity index (χ1n) is 10.8. The van der Waals surface area contributed by atoms with Gasteiger partial charge in [0.1, 0.15) is 10.6 Å². The van der Waals surface area contributed by atoms with Crippen molar-refractivity contribution >= 4 is 31.8 Å². The summed E-state index contributed by atoms with van der Waals surface area (Å²) in [7, 11) is -3.82. The molecule has 0 fully saturated rings. The molecule has 0 aliphatic heterocycles. The predicted molar refractivity (Wildman–Crippen MR) is 125 cm³/mol. The summed E-state index contributed by atoms with van der Waals surface area (Å²) in [6, 6.07) is 14.6. The van der Waals surface area contributed by atoms with Crippen molar-refractivity contribution in [1.82, 2.24) is 8.96 Å². The van der Waals surface area contributed by atoms with Gasteiger partial charge >= 0.3 is 0 Å². The number of benzene rings is 2. The molecule has 2 heterocycles. The average Bonchev–Trinajstić information content (AvgIpc) is 3.20. The van der Waals surface area contributed by atoms with Crippen molar-refractivity contribution in [2.24, 2.45) is 5.92 Å². The summed E-state index contributed by atoms with van der Waals surface area (Å²) in [4.78, 5) is 4.55. The van der Waals surface area contributed by atoms with Crippen LogP contribution in [0.15, 0.2) is 65.8 Å². The Morgan fingerprint density at radius 3 is 2.65 bits per heavy atom. The molecule has 0 spiro atoms. The molecule has 162 valence electrons. The van der Waals surface area contributed by atoms with Crippen LogP contribution in [0.4, 0.5) is 0 Å². The van der Waals surface area contributed by atoms with Crippen molar-refractivity contribution in [2.45, 2.75) is 44.9 Å². The molecular formula is C25H28N2O3S. The topological polar surface area (TPSA) is 61.2 Å². The standard InChI is InChI=1S/C25H28N2O3S/c1-4-8-18(3)17-21-20-14-16-27(22(20)12-13-23(21)30-5-2)31(28,29)24-11-6-9-19-10-7-15-26-25(19)24/h6-7,9-16,18H,4-5,8,17H2,1-3H3. The van der Waals surface area contributed by atoms with E-state index in [1.54, 1.807) is 24.5 Å². The van der Waals surface area contributed by atoms with E-state index in [4.69, 9.17) is 4.74 Å². The SMILES string of the molecule is CCCC(C)Cc1c(OCC)ccc2c1ccn2S(=O)(=O)c1cccc2cccnc12. The zero-order valence-electron chi connectivity index (χ0n) is 18.2. The Balaban J connectivity index is 1.89. The van der Waals surface area contributed by atoms with Gasteiger partial charge < -0.3 is 4.74 Å². The Bertz CT molecular complexity index is 1320. The first-order valence-corrected chi connectivity index (χ1v) is 12.3. The van der Waals surface area contributed by atoms with E-state index in [0.29, 0.717) is 23.6 Å². The quantitative estimate of drug-likeness (QED) is 0.350. The highest BCUT2D eigenvalue weighted by Crippen LogP contribution is 2.34. The Labute approximate surface area is 183 Å². The summed E-state index contributed by atoms with van der Waals surface area (Å²) in [5.74, 6) is 1.32. The van der Waals surface area contributed by atoms with Crippen molar-refractivity contribution in [3.8, 4) is 5.75 Å². The minimum Gasteiger partial charge on any atom is -0.494 e. The lowest BCUT2D eigenvalue weighted by Gasteiger charge is -2.16. The van der Waals surface area contributed by atoms with Crippen LogP contribution in [0.3, 0.4) is 0 Å². The summed E-state index contributed by atoms with van der Waals surface area (Å²) in [5, 5.41) is 1.72. The Kier molecular flexibility index (Phi) is 6.01. The zero-order valence-corrected chi connectivity index (χ0v) is 19.0. The number of para-hydroxylation sites is 1. The molecule has 4 rings (SSSR count). The fraction of sp³-hybridized carbons (Fsp3) is 0.320. The summed E-state index contributed by atoms with van der Waals surface area (Å²) in [5.41, 5.74) is 2.22. The van der Waals surface area contributed by atoms with Crippen LogP contribution in [0.1, 0.15) is 39.2 Å². The molecule has 4 aromatic rings. The predicted octanol–water partition coefficient (Wildman–Crippen LogP) is 5.80. The van der Waals surface area contributed by atoms with Crippen molar-refractivity contribution in [3.05, 3.63) is 66.5 Å². The van der Waals surface area contributed by atoms with Crippen molar-refractivity contribution < 1.29 is 13.2 Å². The van der Waals surface area contributed by atoms with Crippen LogP contribution in [0, 0.1) is 5.92 Å². The van der Waals surface area contributed by atoms with E-state index in [9.17, 15) is 8.42 Å². The van der Waals surface area contributed by atoms with E-state index in [2.05, 4.69) is 18.8 Å². The lowest BCUT2D eigenvalue weighted by molar-refractivity contribution is 0.334. The minimum atomic E-state index is -3.82. The van der Waals surface area contributed by atoms with E-state index in [-0.39, 0.29) is 4.90 Å². The number of hydrogen-bond donors (Lipinski definition) is 0. The van der Waals surface area contributed by atoms with Gasteiger partial charge in [-0.05, 0) is 49.6 Å². The molecule has 0 aliphatic rings. The molecule has 0 radical (unpaired) electrons. The molecule has 31 heavy (non-hydrogen) atoms. The highest BCUT2D eigenvalue weighted by Gasteiger charge is 2.24. The molecule has 5 nitrogen and oxygen atoms in total. The summed E-state index contributed by atoms with van der Waals surface area (Å²) in [6.07, 6.45) is 6.34.